The molecule has 3 N–H and O–H groups in total. The number of anilines is 1. The molecule has 1 heterocycles. The van der Waals surface area contributed by atoms with E-state index in [0.717, 1.165) is 6.07 Å². The molecule has 31 heavy (non-hydrogen) atoms. The van der Waals surface area contributed by atoms with Crippen LogP contribution in [0.4, 0.5) is 5.69 Å². The van der Waals surface area contributed by atoms with Crippen LogP contribution in [-0.2, 0) is 10.0 Å². The Kier molecular flexibility index (Phi) is 6.73. The van der Waals surface area contributed by atoms with Crippen molar-refractivity contribution in [3.05, 3.63) is 83.1 Å². The number of hydrazine groups is 1. The van der Waals surface area contributed by atoms with Gasteiger partial charge in [-0.25, -0.2) is 8.42 Å². The van der Waals surface area contributed by atoms with E-state index in [1.807, 2.05) is 0 Å². The number of aromatic nitrogens is 1. The quantitative estimate of drug-likeness (QED) is 0.485. The van der Waals surface area contributed by atoms with Crippen LogP contribution in [0.25, 0.3) is 0 Å². The first-order valence-electron chi connectivity index (χ1n) is 8.79. The molecule has 11 heteroatoms. The van der Waals surface area contributed by atoms with Gasteiger partial charge in [-0.15, -0.1) is 0 Å². The summed E-state index contributed by atoms with van der Waals surface area (Å²) in [6.45, 7) is 0. The van der Waals surface area contributed by atoms with E-state index in [9.17, 15) is 18.0 Å². The van der Waals surface area contributed by atoms with Crippen LogP contribution in [0.1, 0.15) is 20.8 Å². The number of rotatable bonds is 6. The van der Waals surface area contributed by atoms with Crippen molar-refractivity contribution in [2.45, 2.75) is 4.90 Å². The molecule has 160 valence electrons. The Balaban J connectivity index is 1.79. The molecule has 0 spiro atoms. The van der Waals surface area contributed by atoms with Crippen LogP contribution in [-0.4, -0.2) is 32.3 Å². The van der Waals surface area contributed by atoms with E-state index in [4.69, 9.17) is 16.3 Å². The normalized spacial score (nSPS) is 10.8. The zero-order chi connectivity index (χ0) is 22.4. The van der Waals surface area contributed by atoms with E-state index in [1.165, 1.54) is 37.6 Å². The summed E-state index contributed by atoms with van der Waals surface area (Å²) in [5, 5.41) is -0.0866. The highest BCUT2D eigenvalue weighted by Crippen LogP contribution is 2.29. The number of nitrogens with one attached hydrogen (secondary N) is 3. The van der Waals surface area contributed by atoms with E-state index >= 15 is 0 Å². The summed E-state index contributed by atoms with van der Waals surface area (Å²) in [4.78, 5) is 27.9. The number of sulfonamides is 1. The molecule has 9 nitrogen and oxygen atoms in total. The summed E-state index contributed by atoms with van der Waals surface area (Å²) in [7, 11) is -2.74. The number of pyridine rings is 1. The smallest absolute Gasteiger partial charge is 0.288 e. The number of carbonyl (C=O) groups excluding carboxylic acids is 2. The van der Waals surface area contributed by atoms with Crippen molar-refractivity contribution in [3.8, 4) is 5.75 Å². The molecule has 0 radical (unpaired) electrons. The molecule has 0 saturated carbocycles. The summed E-state index contributed by atoms with van der Waals surface area (Å²) in [5.41, 5.74) is 4.69. The fourth-order valence-corrected chi connectivity index (χ4v) is 4.12. The number of benzene rings is 2. The lowest BCUT2D eigenvalue weighted by molar-refractivity contribution is 0.0844. The van der Waals surface area contributed by atoms with Crippen LogP contribution in [0.15, 0.2) is 71.8 Å². The van der Waals surface area contributed by atoms with Crippen LogP contribution in [0, 0.1) is 0 Å². The van der Waals surface area contributed by atoms with Crippen molar-refractivity contribution in [2.24, 2.45) is 0 Å². The number of nitrogens with zero attached hydrogens (tertiary/aromatic N) is 1. The minimum absolute atomic E-state index is 0.0360. The summed E-state index contributed by atoms with van der Waals surface area (Å²) >= 11 is 6.07. The van der Waals surface area contributed by atoms with Crippen LogP contribution in [0.5, 0.6) is 5.75 Å². The van der Waals surface area contributed by atoms with E-state index in [0.29, 0.717) is 5.75 Å². The minimum Gasteiger partial charge on any atom is -0.495 e. The van der Waals surface area contributed by atoms with Crippen molar-refractivity contribution in [3.63, 3.8) is 0 Å². The van der Waals surface area contributed by atoms with Gasteiger partial charge < -0.3 is 4.74 Å². The topological polar surface area (TPSA) is 126 Å². The van der Waals surface area contributed by atoms with Gasteiger partial charge in [-0.05, 0) is 42.5 Å². The SMILES string of the molecule is COc1ccccc1NS(=O)(=O)c1cc(C(=O)NNC(=O)c2ccccn2)ccc1Cl. The van der Waals surface area contributed by atoms with Gasteiger partial charge in [-0.1, -0.05) is 29.8 Å². The lowest BCUT2D eigenvalue weighted by Gasteiger charge is -2.13. The highest BCUT2D eigenvalue weighted by Gasteiger charge is 2.22. The summed E-state index contributed by atoms with van der Waals surface area (Å²) in [6.07, 6.45) is 1.43. The number of ether oxygens (including phenoxy) is 1. The predicted octanol–water partition coefficient (Wildman–Crippen LogP) is 2.62. The molecule has 3 aromatic rings. The average Bonchev–Trinajstić information content (AvgIpc) is 2.78. The van der Waals surface area contributed by atoms with Crippen LogP contribution in [0.3, 0.4) is 0 Å². The maximum atomic E-state index is 12.9. The average molecular weight is 461 g/mol. The van der Waals surface area contributed by atoms with Gasteiger partial charge in [-0.2, -0.15) is 0 Å². The van der Waals surface area contributed by atoms with Crippen LogP contribution in [0.2, 0.25) is 5.02 Å². The third-order valence-electron chi connectivity index (χ3n) is 4.02. The third kappa shape index (κ3) is 5.30. The van der Waals surface area contributed by atoms with E-state index in [1.54, 1.807) is 30.3 Å². The molecule has 0 fully saturated rings. The van der Waals surface area contributed by atoms with E-state index in [2.05, 4.69) is 20.6 Å². The predicted molar refractivity (Wildman–Crippen MR) is 114 cm³/mol. The number of hydrogen-bond acceptors (Lipinski definition) is 6. The zero-order valence-electron chi connectivity index (χ0n) is 16.1. The first-order valence-corrected chi connectivity index (χ1v) is 10.6. The maximum Gasteiger partial charge on any atom is 0.288 e. The Hall–Kier alpha value is -3.63. The number of carbonyl (C=O) groups is 2. The van der Waals surface area contributed by atoms with Gasteiger partial charge in [0.2, 0.25) is 0 Å². The Morgan fingerprint density at radius 3 is 2.39 bits per heavy atom. The lowest BCUT2D eigenvalue weighted by Crippen LogP contribution is -2.42. The molecule has 0 bridgehead atoms. The summed E-state index contributed by atoms with van der Waals surface area (Å²) < 4.78 is 33.2. The molecule has 0 atom stereocenters. The summed E-state index contributed by atoms with van der Waals surface area (Å²) in [5.74, 6) is -1.06. The highest BCUT2D eigenvalue weighted by atomic mass is 35.5. The molecule has 0 unspecified atom stereocenters. The summed E-state index contributed by atoms with van der Waals surface area (Å²) in [6, 6.07) is 14.9. The largest absolute Gasteiger partial charge is 0.495 e. The standard InChI is InChI=1S/C20H17ClN4O5S/c1-30-17-8-3-2-6-15(17)25-31(28,29)18-12-13(9-10-14(18)21)19(26)23-24-20(27)16-7-4-5-11-22-16/h2-12,25H,1H3,(H,23,26)(H,24,27). The second-order valence-corrected chi connectivity index (χ2v) is 8.13. The van der Waals surface area contributed by atoms with Gasteiger partial charge >= 0.3 is 0 Å². The first kappa shape index (κ1) is 22.1. The minimum atomic E-state index is -4.15. The molecule has 2 aromatic carbocycles. The number of methoxy groups -OCH3 is 1. The molecule has 1 aromatic heterocycles. The molecule has 0 aliphatic heterocycles. The van der Waals surface area contributed by atoms with E-state index < -0.39 is 21.8 Å². The van der Waals surface area contributed by atoms with Crippen LogP contribution >= 0.6 is 11.6 Å². The second-order valence-electron chi connectivity index (χ2n) is 6.07. The fraction of sp³-hybridized carbons (Fsp3) is 0.0500. The van der Waals surface area contributed by atoms with Crippen molar-refractivity contribution in [1.82, 2.24) is 15.8 Å². The number of halogens is 1. The van der Waals surface area contributed by atoms with Crippen molar-refractivity contribution in [2.75, 3.05) is 11.8 Å². The highest BCUT2D eigenvalue weighted by molar-refractivity contribution is 7.92. The molecule has 3 rings (SSSR count). The van der Waals surface area contributed by atoms with Crippen molar-refractivity contribution >= 4 is 39.1 Å². The first-order chi connectivity index (χ1) is 14.8. The zero-order valence-corrected chi connectivity index (χ0v) is 17.7. The monoisotopic (exact) mass is 460 g/mol. The number of para-hydroxylation sites is 2. The van der Waals surface area contributed by atoms with Gasteiger partial charge in [0.1, 0.15) is 16.3 Å². The molecule has 0 saturated heterocycles. The molecule has 0 aliphatic rings. The van der Waals surface area contributed by atoms with Gasteiger partial charge in [0, 0.05) is 11.8 Å². The number of hydrogen-bond donors (Lipinski definition) is 3. The van der Waals surface area contributed by atoms with Gasteiger partial charge in [0.25, 0.3) is 21.8 Å². The fourth-order valence-electron chi connectivity index (χ4n) is 2.53. The van der Waals surface area contributed by atoms with Crippen LogP contribution < -0.4 is 20.3 Å². The Morgan fingerprint density at radius 2 is 1.68 bits per heavy atom. The Bertz CT molecular complexity index is 1220. The Morgan fingerprint density at radius 1 is 0.968 bits per heavy atom. The van der Waals surface area contributed by atoms with E-state index in [-0.39, 0.29) is 26.9 Å². The molecule has 2 amide bonds. The van der Waals surface area contributed by atoms with Gasteiger partial charge in [0.15, 0.2) is 0 Å². The third-order valence-corrected chi connectivity index (χ3v) is 5.87. The molecular weight excluding hydrogens is 444 g/mol. The van der Waals surface area contributed by atoms with Crippen molar-refractivity contribution < 1.29 is 22.7 Å². The maximum absolute atomic E-state index is 12.9. The molecular formula is C20H17ClN4O5S. The van der Waals surface area contributed by atoms with Crippen molar-refractivity contribution in [1.29, 1.82) is 0 Å². The van der Waals surface area contributed by atoms with Gasteiger partial charge in [-0.3, -0.25) is 30.1 Å². The lowest BCUT2D eigenvalue weighted by atomic mass is 10.2. The Labute approximate surface area is 183 Å². The molecule has 0 aliphatic carbocycles. The van der Waals surface area contributed by atoms with Gasteiger partial charge in [0.05, 0.1) is 17.8 Å². The number of amides is 2. The second kappa shape index (κ2) is 9.45.